The highest BCUT2D eigenvalue weighted by molar-refractivity contribution is 5.73. The predicted octanol–water partition coefficient (Wildman–Crippen LogP) is 1.94. The SMILES string of the molecule is CC(=O)N1CCCN(c2ccc(C(C)O)cc2F)CC1. The van der Waals surface area contributed by atoms with Gasteiger partial charge in [0.15, 0.2) is 0 Å². The van der Waals surface area contributed by atoms with Crippen molar-refractivity contribution in [1.29, 1.82) is 0 Å². The first-order chi connectivity index (χ1) is 9.49. The van der Waals surface area contributed by atoms with Gasteiger partial charge in [-0.1, -0.05) is 6.07 Å². The molecule has 1 atom stereocenters. The van der Waals surface area contributed by atoms with Crippen molar-refractivity contribution in [2.45, 2.75) is 26.4 Å². The highest BCUT2D eigenvalue weighted by Crippen LogP contribution is 2.24. The first kappa shape index (κ1) is 14.8. The molecule has 0 spiro atoms. The van der Waals surface area contributed by atoms with Crippen LogP contribution in [-0.4, -0.2) is 42.1 Å². The maximum atomic E-state index is 14.2. The summed E-state index contributed by atoms with van der Waals surface area (Å²) in [6.07, 6.45) is 0.160. The molecule has 1 aliphatic rings. The van der Waals surface area contributed by atoms with Crippen molar-refractivity contribution in [3.05, 3.63) is 29.6 Å². The van der Waals surface area contributed by atoms with Gasteiger partial charge in [-0.3, -0.25) is 4.79 Å². The summed E-state index contributed by atoms with van der Waals surface area (Å²) >= 11 is 0. The quantitative estimate of drug-likeness (QED) is 0.900. The zero-order valence-corrected chi connectivity index (χ0v) is 12.0. The van der Waals surface area contributed by atoms with E-state index in [0.29, 0.717) is 24.3 Å². The Morgan fingerprint density at radius 3 is 2.65 bits per heavy atom. The van der Waals surface area contributed by atoms with Crippen LogP contribution in [0.25, 0.3) is 0 Å². The summed E-state index contributed by atoms with van der Waals surface area (Å²) in [7, 11) is 0. The topological polar surface area (TPSA) is 43.8 Å². The number of nitrogens with zero attached hydrogens (tertiary/aromatic N) is 2. The zero-order valence-electron chi connectivity index (χ0n) is 12.0. The van der Waals surface area contributed by atoms with Crippen LogP contribution < -0.4 is 4.90 Å². The number of carbonyl (C=O) groups excluding carboxylic acids is 1. The number of aliphatic hydroxyl groups is 1. The normalized spacial score (nSPS) is 17.8. The monoisotopic (exact) mass is 280 g/mol. The molecule has 0 saturated carbocycles. The molecule has 2 rings (SSSR count). The van der Waals surface area contributed by atoms with E-state index in [9.17, 15) is 14.3 Å². The molecule has 5 heteroatoms. The second kappa shape index (κ2) is 6.22. The molecule has 1 fully saturated rings. The Kier molecular flexibility index (Phi) is 4.60. The molecule has 4 nitrogen and oxygen atoms in total. The minimum absolute atomic E-state index is 0.0665. The van der Waals surface area contributed by atoms with Crippen LogP contribution in [-0.2, 0) is 4.79 Å². The lowest BCUT2D eigenvalue weighted by atomic mass is 10.1. The van der Waals surface area contributed by atoms with E-state index in [4.69, 9.17) is 0 Å². The Hall–Kier alpha value is -1.62. The summed E-state index contributed by atoms with van der Waals surface area (Å²) in [5.41, 5.74) is 1.12. The summed E-state index contributed by atoms with van der Waals surface area (Å²) in [6.45, 7) is 5.88. The van der Waals surface area contributed by atoms with Crippen molar-refractivity contribution in [2.75, 3.05) is 31.1 Å². The fraction of sp³-hybridized carbons (Fsp3) is 0.533. The first-order valence-electron chi connectivity index (χ1n) is 6.97. The van der Waals surface area contributed by atoms with Gasteiger partial charge >= 0.3 is 0 Å². The molecule has 1 aliphatic heterocycles. The van der Waals surface area contributed by atoms with Crippen LogP contribution in [0.5, 0.6) is 0 Å². The van der Waals surface area contributed by atoms with Gasteiger partial charge in [0.1, 0.15) is 5.82 Å². The third-order valence-corrected chi connectivity index (χ3v) is 3.74. The van der Waals surface area contributed by atoms with E-state index in [-0.39, 0.29) is 11.7 Å². The van der Waals surface area contributed by atoms with Crippen molar-refractivity contribution >= 4 is 11.6 Å². The predicted molar refractivity (Wildman–Crippen MR) is 76.1 cm³/mol. The number of hydrogen-bond donors (Lipinski definition) is 1. The van der Waals surface area contributed by atoms with Crippen LogP contribution in [0.15, 0.2) is 18.2 Å². The van der Waals surface area contributed by atoms with Gasteiger partial charge in [0.05, 0.1) is 11.8 Å². The van der Waals surface area contributed by atoms with Gasteiger partial charge in [0.25, 0.3) is 0 Å². The minimum atomic E-state index is -0.670. The average molecular weight is 280 g/mol. The molecule has 1 saturated heterocycles. The Labute approximate surface area is 118 Å². The van der Waals surface area contributed by atoms with Gasteiger partial charge in [0, 0.05) is 33.1 Å². The first-order valence-corrected chi connectivity index (χ1v) is 6.97. The summed E-state index contributed by atoms with van der Waals surface area (Å²) < 4.78 is 14.2. The van der Waals surface area contributed by atoms with Crippen molar-refractivity contribution < 1.29 is 14.3 Å². The maximum absolute atomic E-state index is 14.2. The van der Waals surface area contributed by atoms with Crippen molar-refractivity contribution in [3.8, 4) is 0 Å². The number of rotatable bonds is 2. The van der Waals surface area contributed by atoms with Crippen LogP contribution in [0.4, 0.5) is 10.1 Å². The molecule has 0 radical (unpaired) electrons. The van der Waals surface area contributed by atoms with Crippen LogP contribution >= 0.6 is 0 Å². The number of anilines is 1. The largest absolute Gasteiger partial charge is 0.389 e. The molecule has 0 bridgehead atoms. The third-order valence-electron chi connectivity index (χ3n) is 3.74. The fourth-order valence-corrected chi connectivity index (χ4v) is 2.51. The molecule has 1 unspecified atom stereocenters. The minimum Gasteiger partial charge on any atom is -0.389 e. The van der Waals surface area contributed by atoms with E-state index in [1.165, 1.54) is 6.07 Å². The lowest BCUT2D eigenvalue weighted by molar-refractivity contribution is -0.128. The fourth-order valence-electron chi connectivity index (χ4n) is 2.51. The van der Waals surface area contributed by atoms with Gasteiger partial charge in [-0.25, -0.2) is 4.39 Å². The molecule has 110 valence electrons. The van der Waals surface area contributed by atoms with Crippen molar-refractivity contribution in [1.82, 2.24) is 4.90 Å². The second-order valence-electron chi connectivity index (χ2n) is 5.23. The Morgan fingerprint density at radius 1 is 1.30 bits per heavy atom. The maximum Gasteiger partial charge on any atom is 0.219 e. The lowest BCUT2D eigenvalue weighted by Gasteiger charge is -2.24. The Bertz CT molecular complexity index is 491. The summed E-state index contributed by atoms with van der Waals surface area (Å²) in [6, 6.07) is 4.84. The van der Waals surface area contributed by atoms with E-state index in [0.717, 1.165) is 19.5 Å². The van der Waals surface area contributed by atoms with Crippen molar-refractivity contribution in [3.63, 3.8) is 0 Å². The van der Waals surface area contributed by atoms with Gasteiger partial charge in [0.2, 0.25) is 5.91 Å². The van der Waals surface area contributed by atoms with E-state index in [1.807, 2.05) is 4.90 Å². The van der Waals surface area contributed by atoms with E-state index in [2.05, 4.69) is 0 Å². The van der Waals surface area contributed by atoms with E-state index >= 15 is 0 Å². The van der Waals surface area contributed by atoms with Gasteiger partial charge < -0.3 is 14.9 Å². The summed E-state index contributed by atoms with van der Waals surface area (Å²) in [5.74, 6) is -0.253. The number of carbonyl (C=O) groups is 1. The number of hydrogen-bond acceptors (Lipinski definition) is 3. The summed E-state index contributed by atoms with van der Waals surface area (Å²) in [4.78, 5) is 15.1. The van der Waals surface area contributed by atoms with Crippen LogP contribution in [0, 0.1) is 5.82 Å². The van der Waals surface area contributed by atoms with E-state index in [1.54, 1.807) is 30.9 Å². The Balaban J connectivity index is 2.13. The number of aliphatic hydroxyl groups excluding tert-OH is 1. The number of halogens is 1. The van der Waals surface area contributed by atoms with Crippen LogP contribution in [0.3, 0.4) is 0 Å². The van der Waals surface area contributed by atoms with Crippen molar-refractivity contribution in [2.24, 2.45) is 0 Å². The van der Waals surface area contributed by atoms with Gasteiger partial charge in [-0.2, -0.15) is 0 Å². The van der Waals surface area contributed by atoms with Crippen LogP contribution in [0.2, 0.25) is 0 Å². The molecular formula is C15H21FN2O2. The molecule has 1 heterocycles. The van der Waals surface area contributed by atoms with Gasteiger partial charge in [-0.15, -0.1) is 0 Å². The van der Waals surface area contributed by atoms with Gasteiger partial charge in [-0.05, 0) is 31.0 Å². The second-order valence-corrected chi connectivity index (χ2v) is 5.23. The smallest absolute Gasteiger partial charge is 0.219 e. The highest BCUT2D eigenvalue weighted by atomic mass is 19.1. The molecule has 1 aromatic rings. The molecule has 0 aliphatic carbocycles. The molecule has 1 aromatic carbocycles. The van der Waals surface area contributed by atoms with Crippen LogP contribution in [0.1, 0.15) is 31.9 Å². The Morgan fingerprint density at radius 2 is 2.05 bits per heavy atom. The van der Waals surface area contributed by atoms with E-state index < -0.39 is 6.10 Å². The molecular weight excluding hydrogens is 259 g/mol. The standard InChI is InChI=1S/C15H21FN2O2/c1-11(19)13-4-5-15(14(16)10-13)18-7-3-6-17(8-9-18)12(2)20/h4-5,10-11,19H,3,6-9H2,1-2H3. The number of amides is 1. The molecule has 20 heavy (non-hydrogen) atoms. The molecule has 1 N–H and O–H groups in total. The highest BCUT2D eigenvalue weighted by Gasteiger charge is 2.19. The molecule has 0 aromatic heterocycles. The summed E-state index contributed by atoms with van der Waals surface area (Å²) in [5, 5.41) is 9.47. The zero-order chi connectivity index (χ0) is 14.7. The average Bonchev–Trinajstić information content (AvgIpc) is 2.64. The molecule has 1 amide bonds. The third kappa shape index (κ3) is 3.28. The number of benzene rings is 1. The lowest BCUT2D eigenvalue weighted by Crippen LogP contribution is -2.33.